The predicted octanol–water partition coefficient (Wildman–Crippen LogP) is 4.20. The van der Waals surface area contributed by atoms with Gasteiger partial charge in [0.15, 0.2) is 19.5 Å². The largest absolute Gasteiger partial charge is 0.496 e. The van der Waals surface area contributed by atoms with E-state index in [0.29, 0.717) is 26.4 Å². The van der Waals surface area contributed by atoms with Crippen LogP contribution in [0.2, 0.25) is 0 Å². The first-order valence-electron chi connectivity index (χ1n) is 9.16. The Morgan fingerprint density at radius 2 is 1.47 bits per heavy atom. The quantitative estimate of drug-likeness (QED) is 0.271. The van der Waals surface area contributed by atoms with Crippen LogP contribution >= 0.6 is 23.1 Å². The minimum atomic E-state index is -3.24. The summed E-state index contributed by atoms with van der Waals surface area (Å²) >= 11 is 3.33. The highest BCUT2D eigenvalue weighted by atomic mass is 79.9. The van der Waals surface area contributed by atoms with Gasteiger partial charge in [-0.3, -0.25) is 9.59 Å². The number of halogens is 1. The van der Waals surface area contributed by atoms with Crippen LogP contribution in [0.4, 0.5) is 0 Å². The Hall–Kier alpha value is -2.69. The second-order valence-corrected chi connectivity index (χ2v) is 10.2. The van der Waals surface area contributed by atoms with Crippen molar-refractivity contribution in [1.82, 2.24) is 0 Å². The highest BCUT2D eigenvalue weighted by Crippen LogP contribution is 2.43. The van der Waals surface area contributed by atoms with Crippen LogP contribution in [0.3, 0.4) is 0 Å². The number of ketones is 1. The van der Waals surface area contributed by atoms with Gasteiger partial charge in [-0.25, -0.2) is 0 Å². The maximum Gasteiger partial charge on any atom is 0.314 e. The van der Waals surface area contributed by atoms with Crippen LogP contribution in [0.15, 0.2) is 83.3 Å². The third-order valence-electron chi connectivity index (χ3n) is 4.54. The number of hydrogen-bond donors (Lipinski definition) is 0. The molecule has 7 heteroatoms. The van der Waals surface area contributed by atoms with Crippen LogP contribution in [0.1, 0.15) is 10.4 Å². The van der Waals surface area contributed by atoms with Crippen LogP contribution in [0, 0.1) is 0 Å². The fraction of sp³-hybridized carbons (Fsp3) is 0.130. The molecule has 0 atom stereocenters. The maximum atomic E-state index is 13.9. The molecule has 0 saturated heterocycles. The predicted molar refractivity (Wildman–Crippen MR) is 121 cm³/mol. The normalized spacial score (nSPS) is 11.0. The monoisotopic (exact) mass is 486 g/mol. The Kier molecular flexibility index (Phi) is 7.24. The lowest BCUT2D eigenvalue weighted by Crippen LogP contribution is -2.25. The van der Waals surface area contributed by atoms with Gasteiger partial charge < -0.3 is 14.0 Å². The average molecular weight is 487 g/mol. The maximum absolute atomic E-state index is 13.9. The summed E-state index contributed by atoms with van der Waals surface area (Å²) in [5.74, 6) is -0.455. The number of esters is 1. The zero-order valence-corrected chi connectivity index (χ0v) is 18.8. The molecule has 0 N–H and O–H groups in total. The standard InChI is InChI=1S/C23H20BrO5P/c1-28-22-13-12-17(14-20(22)24)21(25)15-29-23(26)16-30(27,18-8-4-2-5-9-18)19-10-6-3-7-11-19/h2-14H,15-16H2,1H3. The Labute approximate surface area is 183 Å². The Balaban J connectivity index is 1.73. The summed E-state index contributed by atoms with van der Waals surface area (Å²) in [6, 6.07) is 22.6. The first-order valence-corrected chi connectivity index (χ1v) is 11.8. The van der Waals surface area contributed by atoms with E-state index in [9.17, 15) is 14.2 Å². The molecule has 0 aliphatic carbocycles. The minimum Gasteiger partial charge on any atom is -0.496 e. The number of rotatable bonds is 8. The second kappa shape index (κ2) is 9.88. The van der Waals surface area contributed by atoms with E-state index in [-0.39, 0.29) is 11.9 Å². The molecule has 0 spiro atoms. The molecular weight excluding hydrogens is 467 g/mol. The number of carbonyl (C=O) groups is 2. The van der Waals surface area contributed by atoms with E-state index in [1.165, 1.54) is 7.11 Å². The number of carbonyl (C=O) groups excluding carboxylic acids is 2. The van der Waals surface area contributed by atoms with Crippen molar-refractivity contribution >= 4 is 45.4 Å². The van der Waals surface area contributed by atoms with Crippen molar-refractivity contribution in [3.63, 3.8) is 0 Å². The molecule has 0 saturated carbocycles. The smallest absolute Gasteiger partial charge is 0.314 e. The summed E-state index contributed by atoms with van der Waals surface area (Å²) in [6.45, 7) is -0.429. The Bertz CT molecular complexity index is 1040. The molecule has 0 bridgehead atoms. The molecule has 0 aromatic heterocycles. The number of benzene rings is 3. The summed E-state index contributed by atoms with van der Waals surface area (Å²) < 4.78 is 24.8. The number of ether oxygens (including phenoxy) is 2. The molecular formula is C23H20BrO5P. The van der Waals surface area contributed by atoms with Gasteiger partial charge in [0.2, 0.25) is 0 Å². The lowest BCUT2D eigenvalue weighted by Gasteiger charge is -2.18. The second-order valence-electron chi connectivity index (χ2n) is 6.50. The van der Waals surface area contributed by atoms with Gasteiger partial charge in [-0.2, -0.15) is 0 Å². The first-order chi connectivity index (χ1) is 14.4. The summed E-state index contributed by atoms with van der Waals surface area (Å²) in [5, 5.41) is 1.14. The van der Waals surface area contributed by atoms with E-state index < -0.39 is 19.7 Å². The molecule has 0 heterocycles. The average Bonchev–Trinajstić information content (AvgIpc) is 2.78. The summed E-state index contributed by atoms with van der Waals surface area (Å²) in [4.78, 5) is 24.9. The summed E-state index contributed by atoms with van der Waals surface area (Å²) in [7, 11) is -1.71. The van der Waals surface area contributed by atoms with E-state index in [1.807, 2.05) is 12.1 Å². The lowest BCUT2D eigenvalue weighted by atomic mass is 10.1. The van der Waals surface area contributed by atoms with Gasteiger partial charge in [0.05, 0.1) is 11.6 Å². The molecule has 3 aromatic carbocycles. The SMILES string of the molecule is COc1ccc(C(=O)COC(=O)CP(=O)(c2ccccc2)c2ccccc2)cc1Br. The molecule has 0 radical (unpaired) electrons. The highest BCUT2D eigenvalue weighted by molar-refractivity contribution is 9.10. The van der Waals surface area contributed by atoms with E-state index in [0.717, 1.165) is 0 Å². The van der Waals surface area contributed by atoms with Gasteiger partial charge in [-0.05, 0) is 34.1 Å². The molecule has 0 fully saturated rings. The van der Waals surface area contributed by atoms with Crippen LogP contribution in [0.5, 0.6) is 5.75 Å². The molecule has 30 heavy (non-hydrogen) atoms. The van der Waals surface area contributed by atoms with E-state index in [1.54, 1.807) is 66.7 Å². The molecule has 0 aliphatic rings. The van der Waals surface area contributed by atoms with Gasteiger partial charge >= 0.3 is 5.97 Å². The van der Waals surface area contributed by atoms with E-state index >= 15 is 0 Å². The van der Waals surface area contributed by atoms with Crippen molar-refractivity contribution in [3.8, 4) is 5.75 Å². The van der Waals surface area contributed by atoms with Gasteiger partial charge in [-0.15, -0.1) is 0 Å². The summed E-state index contributed by atoms with van der Waals surface area (Å²) in [6.07, 6.45) is -0.319. The topological polar surface area (TPSA) is 69.7 Å². The minimum absolute atomic E-state index is 0.319. The third kappa shape index (κ3) is 5.07. The molecule has 0 amide bonds. The van der Waals surface area contributed by atoms with Crippen molar-refractivity contribution in [2.75, 3.05) is 19.9 Å². The zero-order chi connectivity index (χ0) is 21.6. The molecule has 0 aliphatic heterocycles. The molecule has 5 nitrogen and oxygen atoms in total. The molecule has 3 aromatic rings. The van der Waals surface area contributed by atoms with Crippen molar-refractivity contribution in [3.05, 3.63) is 88.9 Å². The van der Waals surface area contributed by atoms with Crippen molar-refractivity contribution in [1.29, 1.82) is 0 Å². The highest BCUT2D eigenvalue weighted by Gasteiger charge is 2.31. The fourth-order valence-corrected chi connectivity index (χ4v) is 5.93. The van der Waals surface area contributed by atoms with Crippen LogP contribution in [-0.4, -0.2) is 31.6 Å². The van der Waals surface area contributed by atoms with Crippen molar-refractivity contribution in [2.45, 2.75) is 0 Å². The number of Topliss-reactive ketones (excluding diaryl/α,β-unsaturated/α-hetero) is 1. The van der Waals surface area contributed by atoms with Crippen LogP contribution in [0.25, 0.3) is 0 Å². The van der Waals surface area contributed by atoms with Gasteiger partial charge in [-0.1, -0.05) is 60.7 Å². The van der Waals surface area contributed by atoms with Gasteiger partial charge in [0.1, 0.15) is 11.9 Å². The molecule has 154 valence electrons. The van der Waals surface area contributed by atoms with Crippen LogP contribution in [-0.2, 0) is 14.1 Å². The fourth-order valence-electron chi connectivity index (χ4n) is 2.97. The molecule has 0 unspecified atom stereocenters. The van der Waals surface area contributed by atoms with E-state index in [4.69, 9.17) is 9.47 Å². The molecule has 3 rings (SSSR count). The van der Waals surface area contributed by atoms with Crippen LogP contribution < -0.4 is 15.3 Å². The zero-order valence-electron chi connectivity index (χ0n) is 16.3. The first kappa shape index (κ1) is 22.0. The third-order valence-corrected chi connectivity index (χ3v) is 8.12. The Morgan fingerprint density at radius 1 is 0.900 bits per heavy atom. The van der Waals surface area contributed by atoms with Crippen molar-refractivity contribution in [2.24, 2.45) is 0 Å². The van der Waals surface area contributed by atoms with E-state index in [2.05, 4.69) is 15.9 Å². The number of hydrogen-bond acceptors (Lipinski definition) is 5. The van der Waals surface area contributed by atoms with Crippen molar-refractivity contribution < 1.29 is 23.6 Å². The Morgan fingerprint density at radius 3 is 1.97 bits per heavy atom. The van der Waals surface area contributed by atoms with Gasteiger partial charge in [0, 0.05) is 16.2 Å². The summed E-state index contributed by atoms with van der Waals surface area (Å²) in [5.41, 5.74) is 0.379. The van der Waals surface area contributed by atoms with Gasteiger partial charge in [0.25, 0.3) is 0 Å². The lowest BCUT2D eigenvalue weighted by molar-refractivity contribution is -0.139. The number of methoxy groups -OCH3 is 1.